The van der Waals surface area contributed by atoms with Gasteiger partial charge in [-0.3, -0.25) is 19.1 Å². The second-order valence-electron chi connectivity index (χ2n) is 9.31. The van der Waals surface area contributed by atoms with Gasteiger partial charge in [-0.2, -0.15) is 13.2 Å². The van der Waals surface area contributed by atoms with Crippen LogP contribution < -0.4 is 14.4 Å². The summed E-state index contributed by atoms with van der Waals surface area (Å²) in [5.41, 5.74) is 3.12. The van der Waals surface area contributed by atoms with Crippen molar-refractivity contribution < 1.29 is 37.0 Å². The summed E-state index contributed by atoms with van der Waals surface area (Å²) >= 11 is 0. The number of aryl methyl sites for hydroxylation is 1. The van der Waals surface area contributed by atoms with E-state index >= 15 is 0 Å². The lowest BCUT2D eigenvalue weighted by Gasteiger charge is -2.29. The minimum atomic E-state index is -5.14. The molecular formula is C28H22F3N3O5. The van der Waals surface area contributed by atoms with Gasteiger partial charge in [-0.15, -0.1) is 0 Å². The number of ether oxygens (including phenoxy) is 3. The molecule has 0 bridgehead atoms. The Labute approximate surface area is 220 Å². The van der Waals surface area contributed by atoms with Crippen LogP contribution in [0.4, 0.5) is 18.9 Å². The molecule has 0 N–H and O–H groups in total. The molecule has 3 heterocycles. The summed E-state index contributed by atoms with van der Waals surface area (Å²) in [6, 6.07) is 15.9. The number of imidazole rings is 1. The number of halogens is 3. The van der Waals surface area contributed by atoms with Gasteiger partial charge in [0.05, 0.1) is 22.8 Å². The van der Waals surface area contributed by atoms with Gasteiger partial charge in [0.2, 0.25) is 0 Å². The number of aromatic nitrogens is 2. The first-order chi connectivity index (χ1) is 18.6. The predicted octanol–water partition coefficient (Wildman–Crippen LogP) is 5.36. The van der Waals surface area contributed by atoms with E-state index in [9.17, 15) is 22.8 Å². The maximum Gasteiger partial charge on any atom is 0.471 e. The summed E-state index contributed by atoms with van der Waals surface area (Å²) in [6.07, 6.45) is -5.82. The third-order valence-corrected chi connectivity index (χ3v) is 6.83. The number of amides is 1. The van der Waals surface area contributed by atoms with Crippen LogP contribution in [0.2, 0.25) is 0 Å². The number of anilines is 1. The number of hydrogen-bond donors (Lipinski definition) is 0. The second-order valence-corrected chi connectivity index (χ2v) is 9.31. The Morgan fingerprint density at radius 3 is 2.59 bits per heavy atom. The lowest BCUT2D eigenvalue weighted by molar-refractivity contribution is -0.171. The van der Waals surface area contributed by atoms with Crippen molar-refractivity contribution >= 4 is 28.6 Å². The van der Waals surface area contributed by atoms with Gasteiger partial charge in [-0.1, -0.05) is 24.3 Å². The number of nitrogens with zero attached hydrogens (tertiary/aromatic N) is 3. The zero-order valence-corrected chi connectivity index (χ0v) is 20.9. The zero-order chi connectivity index (χ0) is 27.5. The standard InChI is InChI=1S/C28H22F3N3O5/c1-15-32-20-7-3-4-8-21(20)33(15)22-9-5-6-18-23(13-38-26(18)22)34(27(36)28(29,30)31)17-10-11-19-24(12-17)37-14-25(19)39-16(2)35/h3-12,23,25H,13-14H2,1-2H3/t23?,25-/m1/s1. The topological polar surface area (TPSA) is 82.9 Å². The molecule has 11 heteroatoms. The molecule has 3 aromatic carbocycles. The Kier molecular flexibility index (Phi) is 5.74. The molecule has 0 spiro atoms. The minimum absolute atomic E-state index is 0.0179. The number of alkyl halides is 3. The number of carbonyl (C=O) groups excluding carboxylic acids is 2. The van der Waals surface area contributed by atoms with Crippen molar-refractivity contribution in [3.8, 4) is 17.2 Å². The smallest absolute Gasteiger partial charge is 0.471 e. The summed E-state index contributed by atoms with van der Waals surface area (Å²) in [4.78, 5) is 29.5. The first-order valence-electron chi connectivity index (χ1n) is 12.2. The van der Waals surface area contributed by atoms with E-state index in [1.807, 2.05) is 35.8 Å². The Hall–Kier alpha value is -4.54. The molecule has 0 saturated heterocycles. The molecular weight excluding hydrogens is 515 g/mol. The highest BCUT2D eigenvalue weighted by Gasteiger charge is 2.48. The van der Waals surface area contributed by atoms with E-state index in [0.29, 0.717) is 33.3 Å². The molecule has 0 saturated carbocycles. The molecule has 1 unspecified atom stereocenters. The van der Waals surface area contributed by atoms with Crippen LogP contribution in [0.3, 0.4) is 0 Å². The molecule has 200 valence electrons. The van der Waals surface area contributed by atoms with Crippen LogP contribution in [0.25, 0.3) is 16.7 Å². The fourth-order valence-electron chi connectivity index (χ4n) is 5.25. The molecule has 6 rings (SSSR count). The summed E-state index contributed by atoms with van der Waals surface area (Å²) in [5.74, 6) is -1.25. The van der Waals surface area contributed by atoms with Gasteiger partial charge in [0.15, 0.2) is 6.10 Å². The molecule has 1 amide bonds. The summed E-state index contributed by atoms with van der Waals surface area (Å²) in [5, 5.41) is 0. The summed E-state index contributed by atoms with van der Waals surface area (Å²) in [7, 11) is 0. The Morgan fingerprint density at radius 1 is 1.03 bits per heavy atom. The third kappa shape index (κ3) is 4.14. The van der Waals surface area contributed by atoms with Crippen LogP contribution in [0.5, 0.6) is 11.5 Å². The van der Waals surface area contributed by atoms with Crippen LogP contribution in [0.15, 0.2) is 60.7 Å². The van der Waals surface area contributed by atoms with Crippen molar-refractivity contribution in [3.63, 3.8) is 0 Å². The van der Waals surface area contributed by atoms with Crippen molar-refractivity contribution in [2.75, 3.05) is 18.1 Å². The van der Waals surface area contributed by atoms with Crippen LogP contribution in [0.1, 0.15) is 36.0 Å². The van der Waals surface area contributed by atoms with Crippen molar-refractivity contribution in [2.45, 2.75) is 32.2 Å². The predicted molar refractivity (Wildman–Crippen MR) is 134 cm³/mol. The van der Waals surface area contributed by atoms with Gasteiger partial charge in [0.25, 0.3) is 0 Å². The number of rotatable bonds is 4. The van der Waals surface area contributed by atoms with Crippen LogP contribution in [-0.4, -0.2) is 40.8 Å². The van der Waals surface area contributed by atoms with E-state index in [2.05, 4.69) is 4.98 Å². The highest BCUT2D eigenvalue weighted by Crippen LogP contribution is 2.46. The molecule has 39 heavy (non-hydrogen) atoms. The zero-order valence-electron chi connectivity index (χ0n) is 20.9. The highest BCUT2D eigenvalue weighted by atomic mass is 19.4. The van der Waals surface area contributed by atoms with Gasteiger partial charge in [-0.05, 0) is 37.3 Å². The van der Waals surface area contributed by atoms with E-state index in [4.69, 9.17) is 14.2 Å². The quantitative estimate of drug-likeness (QED) is 0.326. The number of carbonyl (C=O) groups is 2. The van der Waals surface area contributed by atoms with Gasteiger partial charge < -0.3 is 14.2 Å². The van der Waals surface area contributed by atoms with Gasteiger partial charge in [0, 0.05) is 29.8 Å². The van der Waals surface area contributed by atoms with Crippen molar-refractivity contribution in [1.29, 1.82) is 0 Å². The van der Waals surface area contributed by atoms with E-state index in [0.717, 1.165) is 11.0 Å². The average molecular weight is 537 g/mol. The Bertz CT molecular complexity index is 1630. The maximum atomic E-state index is 13.9. The number of hydrogen-bond acceptors (Lipinski definition) is 6. The summed E-state index contributed by atoms with van der Waals surface area (Å²) in [6.45, 7) is 2.94. The molecule has 1 aromatic heterocycles. The lowest BCUT2D eigenvalue weighted by atomic mass is 10.0. The highest BCUT2D eigenvalue weighted by molar-refractivity contribution is 5.98. The Morgan fingerprint density at radius 2 is 1.82 bits per heavy atom. The largest absolute Gasteiger partial charge is 0.489 e. The molecule has 0 fully saturated rings. The van der Waals surface area contributed by atoms with E-state index in [1.165, 1.54) is 25.1 Å². The van der Waals surface area contributed by atoms with E-state index < -0.39 is 30.2 Å². The second kappa shape index (κ2) is 9.04. The fraction of sp³-hybridized carbons (Fsp3) is 0.250. The minimum Gasteiger partial charge on any atom is -0.489 e. The third-order valence-electron chi connectivity index (χ3n) is 6.83. The number of benzene rings is 3. The maximum absolute atomic E-state index is 13.9. The molecule has 8 nitrogen and oxygen atoms in total. The molecule has 0 radical (unpaired) electrons. The van der Waals surface area contributed by atoms with Crippen LogP contribution in [-0.2, 0) is 14.3 Å². The number of esters is 1. The van der Waals surface area contributed by atoms with Gasteiger partial charge >= 0.3 is 18.1 Å². The van der Waals surface area contributed by atoms with Crippen molar-refractivity contribution in [3.05, 3.63) is 77.6 Å². The van der Waals surface area contributed by atoms with E-state index in [-0.39, 0.29) is 24.7 Å². The first kappa shape index (κ1) is 24.8. The number of para-hydroxylation sites is 3. The first-order valence-corrected chi connectivity index (χ1v) is 12.2. The average Bonchev–Trinajstić information content (AvgIpc) is 3.58. The molecule has 2 aliphatic rings. The van der Waals surface area contributed by atoms with Gasteiger partial charge in [-0.25, -0.2) is 4.98 Å². The fourth-order valence-corrected chi connectivity index (χ4v) is 5.25. The SMILES string of the molecule is CC(=O)O[C@@H]1COc2cc(N(C(=O)C(F)(F)F)C3COc4c3cccc4-n3c(C)nc4ccccc43)ccc21. The van der Waals surface area contributed by atoms with Crippen molar-refractivity contribution in [1.82, 2.24) is 9.55 Å². The number of fused-ring (bicyclic) bond motifs is 3. The van der Waals surface area contributed by atoms with E-state index in [1.54, 1.807) is 18.2 Å². The molecule has 2 atom stereocenters. The van der Waals surface area contributed by atoms with Crippen molar-refractivity contribution in [2.24, 2.45) is 0 Å². The van der Waals surface area contributed by atoms with Gasteiger partial charge in [0.1, 0.15) is 30.5 Å². The van der Waals surface area contributed by atoms with Crippen LogP contribution in [0, 0.1) is 6.92 Å². The monoisotopic (exact) mass is 537 g/mol. The normalized spacial score (nSPS) is 17.8. The molecule has 0 aliphatic carbocycles. The Balaban J connectivity index is 1.44. The molecule has 2 aliphatic heterocycles. The molecule has 4 aromatic rings. The summed E-state index contributed by atoms with van der Waals surface area (Å²) < 4.78 is 60.3. The lowest BCUT2D eigenvalue weighted by Crippen LogP contribution is -2.44. The van der Waals surface area contributed by atoms with Crippen LogP contribution >= 0.6 is 0 Å².